The number of methoxy groups -OCH3 is 1. The number of anilines is 2. The molecule has 0 unspecified atom stereocenters. The summed E-state index contributed by atoms with van der Waals surface area (Å²) in [5, 5.41) is 0. The van der Waals surface area contributed by atoms with Crippen LogP contribution in [0.2, 0.25) is 0 Å². The molecule has 18 heavy (non-hydrogen) atoms. The fourth-order valence-corrected chi connectivity index (χ4v) is 1.71. The van der Waals surface area contributed by atoms with Gasteiger partial charge in [0.05, 0.1) is 12.8 Å². The van der Waals surface area contributed by atoms with Crippen molar-refractivity contribution in [3.63, 3.8) is 0 Å². The summed E-state index contributed by atoms with van der Waals surface area (Å²) in [5.41, 5.74) is 1.27. The summed E-state index contributed by atoms with van der Waals surface area (Å²) < 4.78 is 9.94. The van der Waals surface area contributed by atoms with Crippen LogP contribution in [0.1, 0.15) is 0 Å². The molecule has 0 N–H and O–H groups in total. The van der Waals surface area contributed by atoms with Gasteiger partial charge in [0.25, 0.3) is 5.91 Å². The monoisotopic (exact) mass is 250 g/mol. The maximum absolute atomic E-state index is 11.5. The van der Waals surface area contributed by atoms with Gasteiger partial charge in [-0.15, -0.1) is 0 Å². The fraction of sp³-hybridized carbons (Fsp3) is 0.333. The van der Waals surface area contributed by atoms with E-state index in [9.17, 15) is 9.59 Å². The van der Waals surface area contributed by atoms with E-state index >= 15 is 0 Å². The third-order valence-corrected chi connectivity index (χ3v) is 2.86. The van der Waals surface area contributed by atoms with Crippen molar-refractivity contribution in [2.75, 3.05) is 37.6 Å². The molecule has 2 amide bonds. The molecule has 0 atom stereocenters. The van der Waals surface area contributed by atoms with Crippen LogP contribution in [-0.4, -0.2) is 39.8 Å². The normalized spacial score (nSPS) is 13.7. The zero-order valence-corrected chi connectivity index (χ0v) is 10.5. The predicted molar refractivity (Wildman–Crippen MR) is 66.2 cm³/mol. The molecule has 1 aliphatic heterocycles. The predicted octanol–water partition coefficient (Wildman–Crippen LogP) is 1.24. The van der Waals surface area contributed by atoms with Crippen LogP contribution in [-0.2, 0) is 9.53 Å². The van der Waals surface area contributed by atoms with Crippen LogP contribution in [0.3, 0.4) is 0 Å². The quantitative estimate of drug-likeness (QED) is 0.752. The minimum atomic E-state index is -0.472. The van der Waals surface area contributed by atoms with Crippen molar-refractivity contribution in [3.8, 4) is 5.75 Å². The van der Waals surface area contributed by atoms with E-state index < -0.39 is 6.09 Å². The van der Waals surface area contributed by atoms with E-state index in [1.165, 1.54) is 16.9 Å². The molecule has 1 heterocycles. The van der Waals surface area contributed by atoms with Crippen molar-refractivity contribution in [3.05, 3.63) is 18.2 Å². The Balaban J connectivity index is 2.37. The average Bonchev–Trinajstić information content (AvgIpc) is 2.41. The van der Waals surface area contributed by atoms with E-state index in [-0.39, 0.29) is 12.5 Å². The SMILES string of the molecule is COC(=O)N(C)c1ccc2c(c1)N(C)C(=O)CO2. The molecule has 1 aromatic rings. The number of ether oxygens (including phenoxy) is 2. The molecule has 1 aromatic carbocycles. The van der Waals surface area contributed by atoms with E-state index in [2.05, 4.69) is 4.74 Å². The summed E-state index contributed by atoms with van der Waals surface area (Å²) in [7, 11) is 4.58. The van der Waals surface area contributed by atoms with Gasteiger partial charge in [-0.25, -0.2) is 4.79 Å². The number of hydrogen-bond donors (Lipinski definition) is 0. The summed E-state index contributed by atoms with van der Waals surface area (Å²) in [6.45, 7) is 0.0374. The number of rotatable bonds is 1. The lowest BCUT2D eigenvalue weighted by molar-refractivity contribution is -0.120. The maximum Gasteiger partial charge on any atom is 0.413 e. The van der Waals surface area contributed by atoms with Gasteiger partial charge < -0.3 is 14.4 Å². The fourth-order valence-electron chi connectivity index (χ4n) is 1.71. The Hall–Kier alpha value is -2.24. The van der Waals surface area contributed by atoms with E-state index in [1.54, 1.807) is 32.3 Å². The molecule has 6 heteroatoms. The average molecular weight is 250 g/mol. The third-order valence-electron chi connectivity index (χ3n) is 2.86. The Morgan fingerprint density at radius 2 is 2.22 bits per heavy atom. The van der Waals surface area contributed by atoms with E-state index in [0.717, 1.165) is 0 Å². The highest BCUT2D eigenvalue weighted by Gasteiger charge is 2.23. The van der Waals surface area contributed by atoms with Crippen LogP contribution in [0, 0.1) is 0 Å². The zero-order chi connectivity index (χ0) is 13.3. The Kier molecular flexibility index (Phi) is 3.10. The summed E-state index contributed by atoms with van der Waals surface area (Å²) in [5.74, 6) is 0.500. The van der Waals surface area contributed by atoms with Crippen molar-refractivity contribution in [1.82, 2.24) is 0 Å². The van der Waals surface area contributed by atoms with Crippen molar-refractivity contribution >= 4 is 23.4 Å². The van der Waals surface area contributed by atoms with Crippen LogP contribution in [0.25, 0.3) is 0 Å². The molecular weight excluding hydrogens is 236 g/mol. The summed E-state index contributed by atoms with van der Waals surface area (Å²) in [4.78, 5) is 25.8. The van der Waals surface area contributed by atoms with Crippen molar-refractivity contribution in [1.29, 1.82) is 0 Å². The van der Waals surface area contributed by atoms with Crippen LogP contribution >= 0.6 is 0 Å². The summed E-state index contributed by atoms with van der Waals surface area (Å²) in [6.07, 6.45) is -0.472. The molecule has 0 aromatic heterocycles. The van der Waals surface area contributed by atoms with Gasteiger partial charge in [0.1, 0.15) is 5.75 Å². The number of fused-ring (bicyclic) bond motifs is 1. The second-order valence-electron chi connectivity index (χ2n) is 3.92. The molecule has 0 saturated carbocycles. The van der Waals surface area contributed by atoms with Gasteiger partial charge in [0.2, 0.25) is 0 Å². The van der Waals surface area contributed by atoms with Gasteiger partial charge in [-0.3, -0.25) is 9.69 Å². The molecule has 0 fully saturated rings. The Morgan fingerprint density at radius 3 is 2.89 bits per heavy atom. The van der Waals surface area contributed by atoms with Crippen LogP contribution in [0.15, 0.2) is 18.2 Å². The minimum Gasteiger partial charge on any atom is -0.482 e. The summed E-state index contributed by atoms with van der Waals surface area (Å²) in [6, 6.07) is 5.18. The number of nitrogens with zero attached hydrogens (tertiary/aromatic N) is 2. The number of carbonyl (C=O) groups excluding carboxylic acids is 2. The van der Waals surface area contributed by atoms with Gasteiger partial charge >= 0.3 is 6.09 Å². The van der Waals surface area contributed by atoms with Gasteiger partial charge in [-0.1, -0.05) is 0 Å². The Morgan fingerprint density at radius 1 is 1.50 bits per heavy atom. The first-order valence-electron chi connectivity index (χ1n) is 5.39. The first-order chi connectivity index (χ1) is 8.54. The van der Waals surface area contributed by atoms with Crippen LogP contribution in [0.5, 0.6) is 5.75 Å². The van der Waals surface area contributed by atoms with Crippen molar-refractivity contribution in [2.24, 2.45) is 0 Å². The van der Waals surface area contributed by atoms with Gasteiger partial charge in [-0.05, 0) is 18.2 Å². The van der Waals surface area contributed by atoms with E-state index in [4.69, 9.17) is 4.74 Å². The largest absolute Gasteiger partial charge is 0.482 e. The second kappa shape index (κ2) is 4.56. The molecule has 96 valence electrons. The topological polar surface area (TPSA) is 59.1 Å². The molecule has 0 aliphatic carbocycles. The highest BCUT2D eigenvalue weighted by atomic mass is 16.5. The number of likely N-dealkylation sites (N-methyl/N-ethyl adjacent to an activating group) is 1. The lowest BCUT2D eigenvalue weighted by Crippen LogP contribution is -2.35. The summed E-state index contributed by atoms with van der Waals surface area (Å²) >= 11 is 0. The molecule has 0 bridgehead atoms. The van der Waals surface area contributed by atoms with Crippen molar-refractivity contribution in [2.45, 2.75) is 0 Å². The minimum absolute atomic E-state index is 0.0374. The molecule has 0 saturated heterocycles. The van der Waals surface area contributed by atoms with Crippen LogP contribution < -0.4 is 14.5 Å². The second-order valence-corrected chi connectivity index (χ2v) is 3.92. The highest BCUT2D eigenvalue weighted by molar-refractivity contribution is 5.98. The van der Waals surface area contributed by atoms with Crippen molar-refractivity contribution < 1.29 is 19.1 Å². The van der Waals surface area contributed by atoms with Gasteiger partial charge in [0, 0.05) is 19.8 Å². The van der Waals surface area contributed by atoms with Gasteiger partial charge in [-0.2, -0.15) is 0 Å². The lowest BCUT2D eigenvalue weighted by atomic mass is 10.2. The van der Waals surface area contributed by atoms with Crippen LogP contribution in [0.4, 0.5) is 16.2 Å². The molecule has 1 aliphatic rings. The van der Waals surface area contributed by atoms with E-state index in [0.29, 0.717) is 17.1 Å². The molecule has 2 rings (SSSR count). The van der Waals surface area contributed by atoms with E-state index in [1.807, 2.05) is 0 Å². The number of benzene rings is 1. The maximum atomic E-state index is 11.5. The number of hydrogen-bond acceptors (Lipinski definition) is 4. The molecule has 0 spiro atoms. The Labute approximate surface area is 105 Å². The first-order valence-corrected chi connectivity index (χ1v) is 5.39. The first kappa shape index (κ1) is 12.2. The molecule has 6 nitrogen and oxygen atoms in total. The third kappa shape index (κ3) is 1.97. The highest BCUT2D eigenvalue weighted by Crippen LogP contribution is 2.34. The number of carbonyl (C=O) groups is 2. The molecular formula is C12H14N2O4. The smallest absolute Gasteiger partial charge is 0.413 e. The standard InChI is InChI=1S/C12H14N2O4/c1-13(12(16)17-3)8-4-5-10-9(6-8)14(2)11(15)7-18-10/h4-6H,7H2,1-3H3. The number of amides is 2. The molecule has 0 radical (unpaired) electrons. The lowest BCUT2D eigenvalue weighted by Gasteiger charge is -2.27. The Bertz CT molecular complexity index is 501. The zero-order valence-electron chi connectivity index (χ0n) is 10.5. The van der Waals surface area contributed by atoms with Gasteiger partial charge in [0.15, 0.2) is 6.61 Å².